The van der Waals surface area contributed by atoms with Crippen LogP contribution in [-0.4, -0.2) is 39.9 Å². The molecule has 1 heterocycles. The largest absolute Gasteiger partial charge is 0.497 e. The summed E-state index contributed by atoms with van der Waals surface area (Å²) >= 11 is 1.21. The number of ketones is 1. The maximum Gasteiger partial charge on any atom is 0.387 e. The van der Waals surface area contributed by atoms with Crippen molar-refractivity contribution in [3.05, 3.63) is 54.1 Å². The third-order valence-electron chi connectivity index (χ3n) is 3.84. The number of hydrogen-bond donors (Lipinski definition) is 1. The lowest BCUT2D eigenvalue weighted by Gasteiger charge is -2.09. The quantitative estimate of drug-likeness (QED) is 0.441. The number of ether oxygens (including phenoxy) is 2. The number of alkyl halides is 2. The minimum Gasteiger partial charge on any atom is -0.497 e. The highest BCUT2D eigenvalue weighted by atomic mass is 32.2. The van der Waals surface area contributed by atoms with E-state index in [1.807, 2.05) is 24.3 Å². The van der Waals surface area contributed by atoms with Crippen LogP contribution in [-0.2, 0) is 0 Å². The van der Waals surface area contributed by atoms with Gasteiger partial charge < -0.3 is 9.47 Å². The molecule has 1 aromatic heterocycles. The number of aromatic nitrogens is 3. The van der Waals surface area contributed by atoms with Gasteiger partial charge in [-0.3, -0.25) is 9.89 Å². The number of hydrogen-bond acceptors (Lipinski definition) is 6. The van der Waals surface area contributed by atoms with Gasteiger partial charge in [-0.05, 0) is 55.5 Å². The Kier molecular flexibility index (Phi) is 6.25. The minimum absolute atomic E-state index is 0.00459. The summed E-state index contributed by atoms with van der Waals surface area (Å²) < 4.78 is 33.8. The van der Waals surface area contributed by atoms with Crippen LogP contribution in [0.5, 0.6) is 11.5 Å². The summed E-state index contributed by atoms with van der Waals surface area (Å²) in [4.78, 5) is 16.9. The molecule has 0 aliphatic rings. The first-order valence-corrected chi connectivity index (χ1v) is 9.17. The fourth-order valence-electron chi connectivity index (χ4n) is 2.42. The van der Waals surface area contributed by atoms with Gasteiger partial charge in [-0.15, -0.1) is 5.10 Å². The summed E-state index contributed by atoms with van der Waals surface area (Å²) in [7, 11) is 1.59. The third kappa shape index (κ3) is 4.86. The van der Waals surface area contributed by atoms with Crippen LogP contribution in [0, 0.1) is 0 Å². The normalized spacial score (nSPS) is 12.0. The number of Topliss-reactive ketones (excluding diaryl/α,β-unsaturated/α-hetero) is 1. The number of H-pyrrole nitrogens is 1. The van der Waals surface area contributed by atoms with Crippen LogP contribution >= 0.6 is 11.8 Å². The Morgan fingerprint density at radius 2 is 1.71 bits per heavy atom. The molecule has 0 saturated heterocycles. The zero-order chi connectivity index (χ0) is 20.1. The molecule has 6 nitrogen and oxygen atoms in total. The molecule has 9 heteroatoms. The zero-order valence-corrected chi connectivity index (χ0v) is 15.9. The molecule has 3 aromatic rings. The average Bonchev–Trinajstić information content (AvgIpc) is 3.16. The summed E-state index contributed by atoms with van der Waals surface area (Å²) in [5.74, 6) is 1.16. The molecule has 0 fully saturated rings. The highest BCUT2D eigenvalue weighted by Gasteiger charge is 2.19. The number of methoxy groups -OCH3 is 1. The number of nitrogens with zero attached hydrogens (tertiary/aromatic N) is 2. The lowest BCUT2D eigenvalue weighted by atomic mass is 10.1. The first-order valence-electron chi connectivity index (χ1n) is 8.29. The van der Waals surface area contributed by atoms with Gasteiger partial charge in [0, 0.05) is 11.1 Å². The summed E-state index contributed by atoms with van der Waals surface area (Å²) in [5.41, 5.74) is 1.24. The Balaban J connectivity index is 1.64. The molecule has 3 rings (SSSR count). The second-order valence-electron chi connectivity index (χ2n) is 5.72. The topological polar surface area (TPSA) is 77.1 Å². The Hall–Kier alpha value is -2.94. The number of aromatic amines is 1. The first kappa shape index (κ1) is 19.8. The summed E-state index contributed by atoms with van der Waals surface area (Å²) in [5, 5.41) is 6.96. The molecule has 0 spiro atoms. The van der Waals surface area contributed by atoms with E-state index in [9.17, 15) is 13.6 Å². The summed E-state index contributed by atoms with van der Waals surface area (Å²) in [6.45, 7) is -1.17. The van der Waals surface area contributed by atoms with Crippen molar-refractivity contribution in [3.63, 3.8) is 0 Å². The van der Waals surface area contributed by atoms with Crippen LogP contribution in [0.4, 0.5) is 8.78 Å². The van der Waals surface area contributed by atoms with E-state index in [1.54, 1.807) is 14.0 Å². The SMILES string of the molecule is COc1ccc(-c2nc(S[C@H](C)C(=O)c3ccc(OC(F)F)cc3)n[nH]2)cc1. The molecule has 0 unspecified atom stereocenters. The molecule has 1 N–H and O–H groups in total. The molecule has 0 bridgehead atoms. The number of benzene rings is 2. The van der Waals surface area contributed by atoms with E-state index in [4.69, 9.17) is 4.74 Å². The van der Waals surface area contributed by atoms with E-state index in [2.05, 4.69) is 19.9 Å². The molecule has 146 valence electrons. The van der Waals surface area contributed by atoms with E-state index in [1.165, 1.54) is 36.0 Å². The Labute approximate surface area is 164 Å². The lowest BCUT2D eigenvalue weighted by Crippen LogP contribution is -2.13. The van der Waals surface area contributed by atoms with E-state index >= 15 is 0 Å². The molecule has 2 aromatic carbocycles. The van der Waals surface area contributed by atoms with Gasteiger partial charge in [-0.25, -0.2) is 4.98 Å². The standard InChI is InChI=1S/C19H17F2N3O3S/c1-11(16(25)12-3-9-15(10-4-12)27-18(20)21)28-19-22-17(23-24-19)13-5-7-14(26-2)8-6-13/h3-11,18H,1-2H3,(H,22,23,24)/t11-/m1/s1. The maximum atomic E-state index is 12.5. The number of rotatable bonds is 8. The molecular weight excluding hydrogens is 388 g/mol. The van der Waals surface area contributed by atoms with Crippen molar-refractivity contribution in [2.24, 2.45) is 0 Å². The number of thioether (sulfide) groups is 1. The van der Waals surface area contributed by atoms with Gasteiger partial charge in [0.2, 0.25) is 5.16 Å². The first-order chi connectivity index (χ1) is 13.5. The zero-order valence-electron chi connectivity index (χ0n) is 15.1. The monoisotopic (exact) mass is 405 g/mol. The van der Waals surface area contributed by atoms with Gasteiger partial charge in [0.05, 0.1) is 12.4 Å². The predicted molar refractivity (Wildman–Crippen MR) is 101 cm³/mol. The maximum absolute atomic E-state index is 12.5. The molecule has 0 aliphatic carbocycles. The number of carbonyl (C=O) groups is 1. The van der Waals surface area contributed by atoms with E-state index in [-0.39, 0.29) is 11.5 Å². The van der Waals surface area contributed by atoms with Crippen molar-refractivity contribution in [2.75, 3.05) is 7.11 Å². The molecule has 28 heavy (non-hydrogen) atoms. The van der Waals surface area contributed by atoms with Gasteiger partial charge in [-0.2, -0.15) is 8.78 Å². The van der Waals surface area contributed by atoms with Crippen LogP contribution in [0.2, 0.25) is 0 Å². The van der Waals surface area contributed by atoms with Gasteiger partial charge in [-0.1, -0.05) is 11.8 Å². The van der Waals surface area contributed by atoms with Crippen LogP contribution in [0.15, 0.2) is 53.7 Å². The minimum atomic E-state index is -2.90. The lowest BCUT2D eigenvalue weighted by molar-refractivity contribution is -0.0498. The smallest absolute Gasteiger partial charge is 0.387 e. The Morgan fingerprint density at radius 3 is 2.32 bits per heavy atom. The highest BCUT2D eigenvalue weighted by molar-refractivity contribution is 8.00. The van der Waals surface area contributed by atoms with Gasteiger partial charge in [0.1, 0.15) is 11.5 Å². The van der Waals surface area contributed by atoms with E-state index in [0.29, 0.717) is 16.5 Å². The second-order valence-corrected chi connectivity index (χ2v) is 7.03. The third-order valence-corrected chi connectivity index (χ3v) is 4.80. The Morgan fingerprint density at radius 1 is 1.07 bits per heavy atom. The molecule has 0 saturated carbocycles. The number of nitrogens with one attached hydrogen (secondary N) is 1. The van der Waals surface area contributed by atoms with E-state index < -0.39 is 11.9 Å². The molecule has 1 atom stereocenters. The highest BCUT2D eigenvalue weighted by Crippen LogP contribution is 2.26. The van der Waals surface area contributed by atoms with Crippen molar-refractivity contribution in [2.45, 2.75) is 23.9 Å². The van der Waals surface area contributed by atoms with Crippen LogP contribution < -0.4 is 9.47 Å². The van der Waals surface area contributed by atoms with E-state index in [0.717, 1.165) is 11.3 Å². The molecule has 0 amide bonds. The predicted octanol–water partition coefficient (Wildman–Crippen LogP) is 4.45. The average molecular weight is 405 g/mol. The number of carbonyl (C=O) groups excluding carboxylic acids is 1. The van der Waals surface area contributed by atoms with Crippen molar-refractivity contribution in [1.29, 1.82) is 0 Å². The summed E-state index contributed by atoms with van der Waals surface area (Å²) in [6, 6.07) is 12.9. The van der Waals surface area contributed by atoms with Crippen molar-refractivity contribution in [1.82, 2.24) is 15.2 Å². The van der Waals surface area contributed by atoms with Gasteiger partial charge >= 0.3 is 6.61 Å². The molecule has 0 radical (unpaired) electrons. The van der Waals surface area contributed by atoms with Crippen molar-refractivity contribution in [3.8, 4) is 22.9 Å². The number of halogens is 2. The molecule has 0 aliphatic heterocycles. The van der Waals surface area contributed by atoms with Crippen LogP contribution in [0.3, 0.4) is 0 Å². The second kappa shape index (κ2) is 8.83. The van der Waals surface area contributed by atoms with Crippen LogP contribution in [0.25, 0.3) is 11.4 Å². The van der Waals surface area contributed by atoms with Crippen molar-refractivity contribution >= 4 is 17.5 Å². The summed E-state index contributed by atoms with van der Waals surface area (Å²) in [6.07, 6.45) is 0. The molecular formula is C19H17F2N3O3S. The fourth-order valence-corrected chi connectivity index (χ4v) is 3.23. The van der Waals surface area contributed by atoms with Gasteiger partial charge in [0.15, 0.2) is 11.6 Å². The van der Waals surface area contributed by atoms with Crippen molar-refractivity contribution < 1.29 is 23.0 Å². The Bertz CT molecular complexity index is 930. The fraction of sp³-hybridized carbons (Fsp3) is 0.211. The van der Waals surface area contributed by atoms with Gasteiger partial charge in [0.25, 0.3) is 0 Å². The van der Waals surface area contributed by atoms with Crippen LogP contribution in [0.1, 0.15) is 17.3 Å².